The fourth-order valence-corrected chi connectivity index (χ4v) is 5.58. The second-order valence-corrected chi connectivity index (χ2v) is 12.8. The number of amides is 2. The van der Waals surface area contributed by atoms with Gasteiger partial charge in [-0.25, -0.2) is 18.6 Å². The zero-order valence-electron chi connectivity index (χ0n) is 25.5. The summed E-state index contributed by atoms with van der Waals surface area (Å²) < 4.78 is 77.5. The number of aromatic nitrogens is 2. The first-order valence-corrected chi connectivity index (χ1v) is 15.2. The maximum atomic E-state index is 13.3. The van der Waals surface area contributed by atoms with Crippen molar-refractivity contribution in [3.05, 3.63) is 45.4 Å². The molecule has 3 N–H and O–H groups in total. The lowest BCUT2D eigenvalue weighted by atomic mass is 9.85. The molecule has 0 atom stereocenters. The molecule has 0 unspecified atom stereocenters. The fourth-order valence-electron chi connectivity index (χ4n) is 5.05. The molecular weight excluding hydrogens is 660 g/mol. The highest BCUT2D eigenvalue weighted by molar-refractivity contribution is 6.39. The minimum Gasteiger partial charge on any atom is -0.487 e. The SMILES string of the molecule is Cn1c(Nc2c(Cl)ccc(CNC(=O)OC(C)(C)C)c2Cl)nc2cc(C(=O)NC3CCC(C(F)(F)F)CC3)c(OCC(F)F)cc21. The summed E-state index contributed by atoms with van der Waals surface area (Å²) in [6, 6.07) is 5.44. The van der Waals surface area contributed by atoms with Crippen LogP contribution in [0.5, 0.6) is 5.75 Å². The summed E-state index contributed by atoms with van der Waals surface area (Å²) in [5.74, 6) is -2.03. The van der Waals surface area contributed by atoms with E-state index in [2.05, 4.69) is 20.9 Å². The van der Waals surface area contributed by atoms with Crippen molar-refractivity contribution in [2.75, 3.05) is 11.9 Å². The molecule has 0 spiro atoms. The maximum Gasteiger partial charge on any atom is 0.407 e. The van der Waals surface area contributed by atoms with Gasteiger partial charge in [0.15, 0.2) is 0 Å². The van der Waals surface area contributed by atoms with Crippen LogP contribution in [0.4, 0.5) is 38.4 Å². The molecule has 2 aromatic carbocycles. The summed E-state index contributed by atoms with van der Waals surface area (Å²) in [6.45, 7) is 4.24. The molecule has 16 heteroatoms. The smallest absolute Gasteiger partial charge is 0.407 e. The zero-order chi connectivity index (χ0) is 34.0. The number of fused-ring (bicyclic) bond motifs is 1. The number of nitrogens with one attached hydrogen (secondary N) is 3. The molecule has 0 saturated heterocycles. The van der Waals surface area contributed by atoms with E-state index in [0.717, 1.165) is 0 Å². The van der Waals surface area contributed by atoms with Gasteiger partial charge in [0, 0.05) is 25.7 Å². The number of hydrogen-bond donors (Lipinski definition) is 3. The van der Waals surface area contributed by atoms with Crippen LogP contribution < -0.4 is 20.7 Å². The van der Waals surface area contributed by atoms with Crippen LogP contribution in [0, 0.1) is 5.92 Å². The van der Waals surface area contributed by atoms with E-state index in [4.69, 9.17) is 32.7 Å². The number of rotatable bonds is 9. The topological polar surface area (TPSA) is 107 Å². The Labute approximate surface area is 272 Å². The number of carbonyl (C=O) groups excluding carboxylic acids is 2. The molecule has 4 rings (SSSR count). The number of aryl methyl sites for hydroxylation is 1. The molecule has 9 nitrogen and oxygen atoms in total. The first kappa shape index (κ1) is 35.3. The Balaban J connectivity index is 1.59. The number of anilines is 2. The van der Waals surface area contributed by atoms with Crippen LogP contribution in [-0.4, -0.2) is 52.4 Å². The van der Waals surface area contributed by atoms with Gasteiger partial charge in [0.1, 0.15) is 18.0 Å². The third kappa shape index (κ3) is 8.84. The van der Waals surface area contributed by atoms with Gasteiger partial charge in [0.05, 0.1) is 38.2 Å². The number of carbonyl (C=O) groups is 2. The van der Waals surface area contributed by atoms with Gasteiger partial charge in [-0.05, 0) is 64.2 Å². The van der Waals surface area contributed by atoms with Crippen molar-refractivity contribution in [2.24, 2.45) is 13.0 Å². The maximum absolute atomic E-state index is 13.3. The van der Waals surface area contributed by atoms with Crippen molar-refractivity contribution >= 4 is 57.9 Å². The number of ether oxygens (including phenoxy) is 2. The van der Waals surface area contributed by atoms with Crippen molar-refractivity contribution < 1.29 is 41.0 Å². The first-order chi connectivity index (χ1) is 21.4. The summed E-state index contributed by atoms with van der Waals surface area (Å²) >= 11 is 13.1. The molecule has 0 bridgehead atoms. The Morgan fingerprint density at radius 3 is 2.37 bits per heavy atom. The predicted octanol–water partition coefficient (Wildman–Crippen LogP) is 8.14. The number of halogens is 7. The zero-order valence-corrected chi connectivity index (χ0v) is 27.0. The van der Waals surface area contributed by atoms with E-state index in [9.17, 15) is 31.5 Å². The van der Waals surface area contributed by atoms with E-state index < -0.39 is 48.8 Å². The number of nitrogens with zero attached hydrogens (tertiary/aromatic N) is 2. The number of hydrogen-bond acceptors (Lipinski definition) is 6. The largest absolute Gasteiger partial charge is 0.487 e. The van der Waals surface area contributed by atoms with E-state index in [0.29, 0.717) is 11.1 Å². The van der Waals surface area contributed by atoms with Crippen LogP contribution in [0.25, 0.3) is 11.0 Å². The summed E-state index contributed by atoms with van der Waals surface area (Å²) in [5.41, 5.74) is 0.694. The molecule has 252 valence electrons. The lowest BCUT2D eigenvalue weighted by Crippen LogP contribution is -2.40. The summed E-state index contributed by atoms with van der Waals surface area (Å²) in [4.78, 5) is 29.9. The van der Waals surface area contributed by atoms with Gasteiger partial charge in [0.25, 0.3) is 12.3 Å². The molecular formula is C30H34Cl2F5N5O4. The van der Waals surface area contributed by atoms with Crippen molar-refractivity contribution in [3.8, 4) is 5.75 Å². The van der Waals surface area contributed by atoms with Gasteiger partial charge in [-0.15, -0.1) is 0 Å². The van der Waals surface area contributed by atoms with Crippen molar-refractivity contribution in [3.63, 3.8) is 0 Å². The van der Waals surface area contributed by atoms with E-state index in [1.165, 1.54) is 12.1 Å². The Kier molecular flexibility index (Phi) is 10.8. The highest BCUT2D eigenvalue weighted by atomic mass is 35.5. The molecule has 1 aliphatic carbocycles. The van der Waals surface area contributed by atoms with Crippen LogP contribution in [0.3, 0.4) is 0 Å². The highest BCUT2D eigenvalue weighted by Gasteiger charge is 2.41. The van der Waals surface area contributed by atoms with Gasteiger partial charge >= 0.3 is 12.3 Å². The lowest BCUT2D eigenvalue weighted by Gasteiger charge is -2.30. The Morgan fingerprint density at radius 2 is 1.76 bits per heavy atom. The molecule has 1 saturated carbocycles. The standard InChI is InChI=1S/C30H34Cl2F5N5O4/c1-29(2,3)46-28(44)38-13-15-5-10-19(31)25(24(15)32)41-27-40-20-11-18(22(45-14-23(33)34)12-21(20)42(27)4)26(43)39-17-8-6-16(7-9-17)30(35,36)37/h5,10-12,16-17,23H,6-9,13-14H2,1-4H3,(H,38,44)(H,39,43)(H,40,41). The van der Waals surface area contributed by atoms with Gasteiger partial charge in [-0.3, -0.25) is 4.79 Å². The monoisotopic (exact) mass is 693 g/mol. The number of benzene rings is 2. The lowest BCUT2D eigenvalue weighted by molar-refractivity contribution is -0.182. The third-order valence-corrected chi connectivity index (χ3v) is 8.09. The van der Waals surface area contributed by atoms with Crippen molar-refractivity contribution in [1.29, 1.82) is 0 Å². The van der Waals surface area contributed by atoms with Crippen LogP contribution in [-0.2, 0) is 18.3 Å². The molecule has 1 aromatic heterocycles. The molecule has 1 fully saturated rings. The second-order valence-electron chi connectivity index (χ2n) is 12.0. The molecule has 0 radical (unpaired) electrons. The highest BCUT2D eigenvalue weighted by Crippen LogP contribution is 2.39. The van der Waals surface area contributed by atoms with Gasteiger partial charge < -0.3 is 30.0 Å². The van der Waals surface area contributed by atoms with E-state index >= 15 is 0 Å². The summed E-state index contributed by atoms with van der Waals surface area (Å²) in [5, 5.41) is 8.83. The molecule has 0 aliphatic heterocycles. The normalized spacial score (nSPS) is 17.2. The van der Waals surface area contributed by atoms with E-state index in [1.54, 1.807) is 44.5 Å². The average molecular weight is 695 g/mol. The van der Waals surface area contributed by atoms with Gasteiger partial charge in [-0.2, -0.15) is 13.2 Å². The van der Waals surface area contributed by atoms with Crippen molar-refractivity contribution in [2.45, 2.75) is 77.2 Å². The number of alkyl carbamates (subject to hydrolysis) is 1. The third-order valence-electron chi connectivity index (χ3n) is 7.35. The number of alkyl halides is 5. The minimum absolute atomic E-state index is 0.0311. The fraction of sp³-hybridized carbons (Fsp3) is 0.500. The van der Waals surface area contributed by atoms with E-state index in [-0.39, 0.29) is 70.7 Å². The predicted molar refractivity (Wildman–Crippen MR) is 164 cm³/mol. The first-order valence-electron chi connectivity index (χ1n) is 14.4. The van der Waals surface area contributed by atoms with E-state index in [1.807, 2.05) is 0 Å². The molecule has 2 amide bonds. The Bertz CT molecular complexity index is 1580. The Hall–Kier alpha value is -3.52. The molecule has 3 aromatic rings. The quantitative estimate of drug-likeness (QED) is 0.195. The molecule has 1 aliphatic rings. The van der Waals surface area contributed by atoms with Crippen LogP contribution in [0.1, 0.15) is 62.4 Å². The van der Waals surface area contributed by atoms with Gasteiger partial charge in [-0.1, -0.05) is 29.3 Å². The number of imidazole rings is 1. The summed E-state index contributed by atoms with van der Waals surface area (Å²) in [6.07, 6.45) is -7.76. The van der Waals surface area contributed by atoms with Crippen LogP contribution >= 0.6 is 23.2 Å². The van der Waals surface area contributed by atoms with Crippen LogP contribution in [0.15, 0.2) is 24.3 Å². The Morgan fingerprint density at radius 1 is 1.09 bits per heavy atom. The average Bonchev–Trinajstić information content (AvgIpc) is 3.25. The molecule has 46 heavy (non-hydrogen) atoms. The van der Waals surface area contributed by atoms with Gasteiger partial charge in [0.2, 0.25) is 5.95 Å². The molecule has 1 heterocycles. The second kappa shape index (κ2) is 14.1. The van der Waals surface area contributed by atoms with Crippen LogP contribution in [0.2, 0.25) is 10.0 Å². The van der Waals surface area contributed by atoms with Crippen molar-refractivity contribution in [1.82, 2.24) is 20.2 Å². The minimum atomic E-state index is -4.30. The summed E-state index contributed by atoms with van der Waals surface area (Å²) in [7, 11) is 1.63.